The number of nitrogens with one attached hydrogen (secondary N) is 1. The molecule has 4 rings (SSSR count). The number of amides is 3. The number of urea groups is 1. The van der Waals surface area contributed by atoms with Crippen molar-refractivity contribution < 1.29 is 9.59 Å². The molecule has 156 valence electrons. The van der Waals surface area contributed by atoms with Crippen LogP contribution in [0.3, 0.4) is 0 Å². The maximum Gasteiger partial charge on any atom is 0.325 e. The molecule has 3 aliphatic heterocycles. The lowest BCUT2D eigenvalue weighted by Crippen LogP contribution is -2.64. The SMILES string of the molecule is CCN1C(N2CCN(Cc3ccc(Cl)c(Cl)c3)CC2)=NC2C1C(=O)NC(=O)N2C. The Morgan fingerprint density at radius 1 is 1.14 bits per heavy atom. The van der Waals surface area contributed by atoms with E-state index in [-0.39, 0.29) is 5.91 Å². The molecule has 3 heterocycles. The summed E-state index contributed by atoms with van der Waals surface area (Å²) in [4.78, 5) is 37.2. The van der Waals surface area contributed by atoms with E-state index < -0.39 is 18.2 Å². The number of rotatable bonds is 3. The van der Waals surface area contributed by atoms with Gasteiger partial charge in [-0.15, -0.1) is 0 Å². The zero-order chi connectivity index (χ0) is 20.7. The topological polar surface area (TPSA) is 71.5 Å². The van der Waals surface area contributed by atoms with E-state index in [0.29, 0.717) is 16.6 Å². The summed E-state index contributed by atoms with van der Waals surface area (Å²) >= 11 is 12.1. The maximum absolute atomic E-state index is 12.4. The van der Waals surface area contributed by atoms with Crippen molar-refractivity contribution >= 4 is 41.1 Å². The van der Waals surface area contributed by atoms with E-state index in [2.05, 4.69) is 15.1 Å². The first-order chi connectivity index (χ1) is 13.9. The van der Waals surface area contributed by atoms with E-state index in [9.17, 15) is 9.59 Å². The first-order valence-electron chi connectivity index (χ1n) is 9.72. The second-order valence-corrected chi connectivity index (χ2v) is 8.30. The molecule has 2 unspecified atom stereocenters. The van der Waals surface area contributed by atoms with Crippen molar-refractivity contribution in [3.8, 4) is 0 Å². The van der Waals surface area contributed by atoms with Crippen LogP contribution in [0, 0.1) is 0 Å². The lowest BCUT2D eigenvalue weighted by Gasteiger charge is -2.40. The van der Waals surface area contributed by atoms with E-state index in [4.69, 9.17) is 28.2 Å². The first-order valence-corrected chi connectivity index (χ1v) is 10.5. The number of halogens is 2. The van der Waals surface area contributed by atoms with Gasteiger partial charge in [0.2, 0.25) is 0 Å². The van der Waals surface area contributed by atoms with Crippen LogP contribution in [0.25, 0.3) is 0 Å². The molecule has 1 N–H and O–H groups in total. The fourth-order valence-corrected chi connectivity index (χ4v) is 4.44. The third kappa shape index (κ3) is 3.76. The lowest BCUT2D eigenvalue weighted by atomic mass is 10.1. The minimum absolute atomic E-state index is 0.281. The van der Waals surface area contributed by atoms with Crippen LogP contribution in [0.15, 0.2) is 23.2 Å². The van der Waals surface area contributed by atoms with Crippen LogP contribution >= 0.6 is 23.2 Å². The number of carbonyl (C=O) groups excluding carboxylic acids is 2. The molecule has 0 spiro atoms. The van der Waals surface area contributed by atoms with Gasteiger partial charge in [-0.25, -0.2) is 9.79 Å². The highest BCUT2D eigenvalue weighted by atomic mass is 35.5. The molecule has 29 heavy (non-hydrogen) atoms. The van der Waals surface area contributed by atoms with Gasteiger partial charge in [-0.2, -0.15) is 0 Å². The van der Waals surface area contributed by atoms with Crippen molar-refractivity contribution in [3.05, 3.63) is 33.8 Å². The van der Waals surface area contributed by atoms with Gasteiger partial charge in [0.05, 0.1) is 10.0 Å². The normalized spacial score (nSPS) is 25.2. The molecular formula is C19H24Cl2N6O2. The van der Waals surface area contributed by atoms with Gasteiger partial charge in [-0.05, 0) is 24.6 Å². The van der Waals surface area contributed by atoms with E-state index >= 15 is 0 Å². The summed E-state index contributed by atoms with van der Waals surface area (Å²) in [5, 5.41) is 3.55. The van der Waals surface area contributed by atoms with Gasteiger partial charge in [0.1, 0.15) is 0 Å². The number of piperazine rings is 1. The average Bonchev–Trinajstić information content (AvgIpc) is 3.10. The number of carbonyl (C=O) groups is 2. The number of aliphatic imine (C=N–C) groups is 1. The van der Waals surface area contributed by atoms with Crippen LogP contribution < -0.4 is 5.32 Å². The third-order valence-corrected chi connectivity index (χ3v) is 6.46. The van der Waals surface area contributed by atoms with Crippen molar-refractivity contribution in [2.45, 2.75) is 25.7 Å². The number of guanidine groups is 1. The summed E-state index contributed by atoms with van der Waals surface area (Å²) in [6, 6.07) is 4.87. The van der Waals surface area contributed by atoms with Crippen LogP contribution in [-0.4, -0.2) is 89.5 Å². The number of hydrogen-bond donors (Lipinski definition) is 1. The number of hydrogen-bond acceptors (Lipinski definition) is 6. The summed E-state index contributed by atoms with van der Waals surface area (Å²) in [5.74, 6) is 0.519. The Hall–Kier alpha value is -2.03. The van der Waals surface area contributed by atoms with Crippen molar-refractivity contribution in [1.82, 2.24) is 24.9 Å². The van der Waals surface area contributed by atoms with Gasteiger partial charge in [-0.1, -0.05) is 29.3 Å². The first kappa shape index (κ1) is 20.3. The third-order valence-electron chi connectivity index (χ3n) is 5.72. The van der Waals surface area contributed by atoms with Crippen LogP contribution in [0.5, 0.6) is 0 Å². The smallest absolute Gasteiger partial charge is 0.325 e. The number of imide groups is 1. The van der Waals surface area contributed by atoms with Crippen molar-refractivity contribution in [2.24, 2.45) is 4.99 Å². The summed E-state index contributed by atoms with van der Waals surface area (Å²) in [6.45, 7) is 6.80. The van der Waals surface area contributed by atoms with Gasteiger partial charge in [0, 0.05) is 46.3 Å². The van der Waals surface area contributed by atoms with Crippen LogP contribution in [0.4, 0.5) is 4.79 Å². The number of likely N-dealkylation sites (N-methyl/N-ethyl adjacent to an activating group) is 2. The van der Waals surface area contributed by atoms with E-state index in [0.717, 1.165) is 44.2 Å². The van der Waals surface area contributed by atoms with Crippen LogP contribution in [-0.2, 0) is 11.3 Å². The fourth-order valence-electron chi connectivity index (χ4n) is 4.11. The highest BCUT2D eigenvalue weighted by Crippen LogP contribution is 2.26. The number of fused-ring (bicyclic) bond motifs is 1. The molecular weight excluding hydrogens is 415 g/mol. The minimum atomic E-state index is -0.472. The zero-order valence-corrected chi connectivity index (χ0v) is 17.9. The predicted molar refractivity (Wildman–Crippen MR) is 112 cm³/mol. The standard InChI is InChI=1S/C19H24Cl2N6O2/c1-3-27-15-16(24(2)19(29)23-17(15)28)22-18(27)26-8-6-25(7-9-26)11-12-4-5-13(20)14(21)10-12/h4-5,10,15-16H,3,6-9,11H2,1-2H3,(H,23,28,29). The Balaban J connectivity index is 1.43. The van der Waals surface area contributed by atoms with E-state index in [1.54, 1.807) is 7.05 Å². The van der Waals surface area contributed by atoms with Gasteiger partial charge in [0.25, 0.3) is 5.91 Å². The molecule has 0 aliphatic carbocycles. The second kappa shape index (κ2) is 8.01. The molecule has 3 amide bonds. The van der Waals surface area contributed by atoms with Crippen molar-refractivity contribution in [1.29, 1.82) is 0 Å². The minimum Gasteiger partial charge on any atom is -0.340 e. The van der Waals surface area contributed by atoms with Gasteiger partial charge in [-0.3, -0.25) is 15.0 Å². The highest BCUT2D eigenvalue weighted by molar-refractivity contribution is 6.42. The fraction of sp³-hybridized carbons (Fsp3) is 0.526. The molecule has 0 bridgehead atoms. The van der Waals surface area contributed by atoms with Gasteiger partial charge in [0.15, 0.2) is 18.2 Å². The van der Waals surface area contributed by atoms with Crippen LogP contribution in [0.2, 0.25) is 10.0 Å². The number of benzene rings is 1. The molecule has 1 aromatic rings. The van der Waals surface area contributed by atoms with E-state index in [1.165, 1.54) is 4.90 Å². The monoisotopic (exact) mass is 438 g/mol. The Bertz CT molecular complexity index is 855. The molecule has 0 radical (unpaired) electrons. The summed E-state index contributed by atoms with van der Waals surface area (Å²) < 4.78 is 0. The second-order valence-electron chi connectivity index (χ2n) is 7.49. The van der Waals surface area contributed by atoms with Crippen molar-refractivity contribution in [3.63, 3.8) is 0 Å². The molecule has 1 aromatic carbocycles. The molecule has 2 saturated heterocycles. The quantitative estimate of drug-likeness (QED) is 0.776. The molecule has 3 aliphatic rings. The largest absolute Gasteiger partial charge is 0.340 e. The lowest BCUT2D eigenvalue weighted by molar-refractivity contribution is -0.127. The average molecular weight is 439 g/mol. The highest BCUT2D eigenvalue weighted by Gasteiger charge is 2.49. The van der Waals surface area contributed by atoms with Gasteiger partial charge >= 0.3 is 6.03 Å². The summed E-state index contributed by atoms with van der Waals surface area (Å²) in [7, 11) is 1.68. The summed E-state index contributed by atoms with van der Waals surface area (Å²) in [5.41, 5.74) is 1.13. The molecule has 0 saturated carbocycles. The Morgan fingerprint density at radius 3 is 2.52 bits per heavy atom. The number of nitrogens with zero attached hydrogens (tertiary/aromatic N) is 5. The van der Waals surface area contributed by atoms with Gasteiger partial charge < -0.3 is 14.7 Å². The maximum atomic E-state index is 12.4. The summed E-state index contributed by atoms with van der Waals surface area (Å²) in [6.07, 6.45) is -0.472. The molecule has 10 heteroatoms. The zero-order valence-electron chi connectivity index (χ0n) is 16.4. The Kier molecular flexibility index (Phi) is 5.59. The molecule has 2 fully saturated rings. The predicted octanol–water partition coefficient (Wildman–Crippen LogP) is 1.68. The Labute approximate surface area is 180 Å². The van der Waals surface area contributed by atoms with Crippen molar-refractivity contribution in [2.75, 3.05) is 39.8 Å². The molecule has 8 nitrogen and oxygen atoms in total. The van der Waals surface area contributed by atoms with Crippen LogP contribution in [0.1, 0.15) is 12.5 Å². The Morgan fingerprint density at radius 2 is 1.86 bits per heavy atom. The molecule has 2 atom stereocenters. The van der Waals surface area contributed by atoms with E-state index in [1.807, 2.05) is 30.0 Å². The molecule has 0 aromatic heterocycles.